The monoisotopic (exact) mass is 388 g/mol. The Morgan fingerprint density at radius 3 is 2.93 bits per heavy atom. The van der Waals surface area contributed by atoms with Crippen molar-refractivity contribution in [2.75, 3.05) is 13.7 Å². The van der Waals surface area contributed by atoms with E-state index in [0.29, 0.717) is 22.2 Å². The summed E-state index contributed by atoms with van der Waals surface area (Å²) in [5.41, 5.74) is 3.72. The van der Waals surface area contributed by atoms with E-state index >= 15 is 0 Å². The topological polar surface area (TPSA) is 84.6 Å². The van der Waals surface area contributed by atoms with Crippen molar-refractivity contribution in [2.24, 2.45) is 0 Å². The number of nitrogens with zero attached hydrogens (tertiary/aromatic N) is 1. The molecule has 7 heteroatoms. The number of fused-ring (bicyclic) bond motifs is 1. The van der Waals surface area contributed by atoms with Crippen LogP contribution in [0.5, 0.6) is 5.88 Å². The number of pyridine rings is 1. The van der Waals surface area contributed by atoms with Crippen molar-refractivity contribution in [2.45, 2.75) is 26.4 Å². The van der Waals surface area contributed by atoms with E-state index in [1.54, 1.807) is 24.5 Å². The zero-order chi connectivity index (χ0) is 19.6. The third-order valence-electron chi connectivity index (χ3n) is 4.43. The summed E-state index contributed by atoms with van der Waals surface area (Å²) in [5, 5.41) is 14.5. The number of furan rings is 1. The minimum absolute atomic E-state index is 0.0492. The lowest BCUT2D eigenvalue weighted by Crippen LogP contribution is -2.30. The number of amides is 1. The smallest absolute Gasteiger partial charge is 0.224 e. The quantitative estimate of drug-likeness (QED) is 0.675. The van der Waals surface area contributed by atoms with E-state index in [9.17, 15) is 9.90 Å². The molecule has 6 nitrogen and oxygen atoms in total. The van der Waals surface area contributed by atoms with Crippen molar-refractivity contribution in [3.63, 3.8) is 0 Å². The van der Waals surface area contributed by atoms with Crippen molar-refractivity contribution >= 4 is 28.5 Å². The largest absolute Gasteiger partial charge is 0.481 e. The average molecular weight is 389 g/mol. The molecule has 0 aliphatic heterocycles. The third kappa shape index (κ3) is 4.07. The normalized spacial score (nSPS) is 12.2. The van der Waals surface area contributed by atoms with Crippen molar-refractivity contribution in [3.05, 3.63) is 57.9 Å². The van der Waals surface area contributed by atoms with Crippen LogP contribution in [0.25, 0.3) is 11.0 Å². The van der Waals surface area contributed by atoms with Crippen molar-refractivity contribution in [3.8, 4) is 5.88 Å². The maximum absolute atomic E-state index is 12.3. The second-order valence-corrected chi connectivity index (χ2v) is 6.75. The van der Waals surface area contributed by atoms with E-state index in [0.717, 1.165) is 22.1 Å². The van der Waals surface area contributed by atoms with E-state index in [1.807, 2.05) is 19.9 Å². The molecule has 0 bridgehead atoms. The molecule has 1 aromatic carbocycles. The summed E-state index contributed by atoms with van der Waals surface area (Å²) < 4.78 is 10.6. The molecule has 2 N–H and O–H groups in total. The number of ether oxygens (including phenoxy) is 1. The van der Waals surface area contributed by atoms with Gasteiger partial charge >= 0.3 is 0 Å². The highest BCUT2D eigenvalue weighted by molar-refractivity contribution is 6.33. The second kappa shape index (κ2) is 7.98. The Bertz CT molecular complexity index is 984. The zero-order valence-electron chi connectivity index (χ0n) is 15.4. The Kier molecular flexibility index (Phi) is 5.68. The minimum atomic E-state index is -0.927. The third-order valence-corrected chi connectivity index (χ3v) is 5.01. The summed E-state index contributed by atoms with van der Waals surface area (Å²) in [6.45, 7) is 3.87. The van der Waals surface area contributed by atoms with E-state index in [1.165, 1.54) is 7.11 Å². The number of carbonyl (C=O) groups is 1. The van der Waals surface area contributed by atoms with Gasteiger partial charge in [0.05, 0.1) is 25.5 Å². The number of aryl methyl sites for hydroxylation is 2. The van der Waals surface area contributed by atoms with Gasteiger partial charge in [0.2, 0.25) is 11.8 Å². The molecule has 1 amide bonds. The molecule has 0 saturated heterocycles. The van der Waals surface area contributed by atoms with E-state index < -0.39 is 6.10 Å². The number of hydrogen-bond acceptors (Lipinski definition) is 5. The van der Waals surface area contributed by atoms with E-state index in [2.05, 4.69) is 10.3 Å². The van der Waals surface area contributed by atoms with Crippen LogP contribution in [-0.2, 0) is 11.2 Å². The fourth-order valence-corrected chi connectivity index (χ4v) is 3.17. The first-order valence-electron chi connectivity index (χ1n) is 8.52. The van der Waals surface area contributed by atoms with Crippen LogP contribution in [0.1, 0.15) is 28.5 Å². The summed E-state index contributed by atoms with van der Waals surface area (Å²) in [6.07, 6.45) is 0.780. The average Bonchev–Trinajstić information content (AvgIpc) is 3.06. The lowest BCUT2D eigenvalue weighted by molar-refractivity contribution is -0.120. The molecule has 0 aliphatic carbocycles. The molecule has 1 atom stereocenters. The van der Waals surface area contributed by atoms with Gasteiger partial charge in [-0.25, -0.2) is 4.98 Å². The van der Waals surface area contributed by atoms with Crippen LogP contribution in [-0.4, -0.2) is 29.7 Å². The Morgan fingerprint density at radius 2 is 2.19 bits per heavy atom. The summed E-state index contributed by atoms with van der Waals surface area (Å²) >= 11 is 6.32. The number of aliphatic hydroxyl groups is 1. The molecule has 3 rings (SSSR count). The standard InChI is InChI=1S/C20H21ClN2O4/c1-11-7-16-19(12(2)20(11)21)13(10-27-16)8-17(25)22-9-15(24)14-5-4-6-18(23-14)26-3/h4-7,10,15,24H,8-9H2,1-3H3,(H,22,25). The Labute approximate surface area is 162 Å². The van der Waals surface area contributed by atoms with E-state index in [4.69, 9.17) is 20.8 Å². The van der Waals surface area contributed by atoms with Gasteiger partial charge in [0.1, 0.15) is 11.7 Å². The first-order chi connectivity index (χ1) is 12.9. The molecular formula is C20H21ClN2O4. The molecule has 0 saturated carbocycles. The highest BCUT2D eigenvalue weighted by Crippen LogP contribution is 2.32. The molecule has 0 fully saturated rings. The van der Waals surface area contributed by atoms with Crippen LogP contribution >= 0.6 is 11.6 Å². The van der Waals surface area contributed by atoms with Crippen LogP contribution in [0.15, 0.2) is 34.9 Å². The number of aliphatic hydroxyl groups excluding tert-OH is 1. The predicted octanol–water partition coefficient (Wildman–Crippen LogP) is 3.50. The number of methoxy groups -OCH3 is 1. The number of nitrogens with one attached hydrogen (secondary N) is 1. The van der Waals surface area contributed by atoms with Crippen molar-refractivity contribution < 1.29 is 19.1 Å². The summed E-state index contributed by atoms with van der Waals surface area (Å²) in [6, 6.07) is 6.97. The van der Waals surface area contributed by atoms with Crippen LogP contribution < -0.4 is 10.1 Å². The first-order valence-corrected chi connectivity index (χ1v) is 8.90. The molecule has 0 radical (unpaired) electrons. The van der Waals surface area contributed by atoms with Gasteiger partial charge in [-0.3, -0.25) is 4.79 Å². The molecule has 0 spiro atoms. The van der Waals surface area contributed by atoms with Crippen molar-refractivity contribution in [1.82, 2.24) is 10.3 Å². The van der Waals surface area contributed by atoms with Gasteiger partial charge < -0.3 is 19.6 Å². The number of halogens is 1. The maximum atomic E-state index is 12.3. The second-order valence-electron chi connectivity index (χ2n) is 6.37. The molecule has 142 valence electrons. The van der Waals surface area contributed by atoms with Crippen LogP contribution in [0.2, 0.25) is 5.02 Å². The maximum Gasteiger partial charge on any atom is 0.224 e. The number of rotatable bonds is 6. The Morgan fingerprint density at radius 1 is 1.41 bits per heavy atom. The van der Waals surface area contributed by atoms with Crippen LogP contribution in [0.3, 0.4) is 0 Å². The van der Waals surface area contributed by atoms with Gasteiger partial charge in [0, 0.05) is 28.6 Å². The van der Waals surface area contributed by atoms with Gasteiger partial charge in [-0.1, -0.05) is 17.7 Å². The molecule has 0 aliphatic rings. The Balaban J connectivity index is 1.68. The van der Waals surface area contributed by atoms with E-state index in [-0.39, 0.29) is 18.9 Å². The molecular weight excluding hydrogens is 368 g/mol. The van der Waals surface area contributed by atoms with Gasteiger partial charge in [0.25, 0.3) is 0 Å². The summed E-state index contributed by atoms with van der Waals surface area (Å²) in [7, 11) is 1.51. The lowest BCUT2D eigenvalue weighted by atomic mass is 10.0. The first kappa shape index (κ1) is 19.2. The Hall–Kier alpha value is -2.57. The SMILES string of the molecule is COc1cccc(C(O)CNC(=O)Cc2coc3cc(C)c(Cl)c(C)c23)n1. The molecule has 3 aromatic rings. The number of hydrogen-bond donors (Lipinski definition) is 2. The summed E-state index contributed by atoms with van der Waals surface area (Å²) in [4.78, 5) is 16.5. The van der Waals surface area contributed by atoms with Gasteiger partial charge in [-0.05, 0) is 37.1 Å². The van der Waals surface area contributed by atoms with Crippen molar-refractivity contribution in [1.29, 1.82) is 0 Å². The number of benzene rings is 1. The van der Waals surface area contributed by atoms with Crippen LogP contribution in [0.4, 0.5) is 0 Å². The summed E-state index contributed by atoms with van der Waals surface area (Å²) in [5.74, 6) is 0.182. The predicted molar refractivity (Wildman–Crippen MR) is 103 cm³/mol. The van der Waals surface area contributed by atoms with Gasteiger partial charge in [-0.2, -0.15) is 0 Å². The fraction of sp³-hybridized carbons (Fsp3) is 0.300. The molecule has 2 aromatic heterocycles. The lowest BCUT2D eigenvalue weighted by Gasteiger charge is -2.12. The minimum Gasteiger partial charge on any atom is -0.481 e. The highest BCUT2D eigenvalue weighted by atomic mass is 35.5. The number of aromatic nitrogens is 1. The zero-order valence-corrected chi connectivity index (χ0v) is 16.1. The van der Waals surface area contributed by atoms with Crippen LogP contribution in [0, 0.1) is 13.8 Å². The molecule has 1 unspecified atom stereocenters. The molecule has 2 heterocycles. The fourth-order valence-electron chi connectivity index (χ4n) is 3.02. The molecule has 27 heavy (non-hydrogen) atoms. The number of carbonyl (C=O) groups excluding carboxylic acids is 1. The van der Waals surface area contributed by atoms with Gasteiger partial charge in [0.15, 0.2) is 0 Å². The van der Waals surface area contributed by atoms with Gasteiger partial charge in [-0.15, -0.1) is 0 Å². The highest BCUT2D eigenvalue weighted by Gasteiger charge is 2.17.